The summed E-state index contributed by atoms with van der Waals surface area (Å²) in [6.45, 7) is 14.4. The fourth-order valence-corrected chi connectivity index (χ4v) is 10.0. The van der Waals surface area contributed by atoms with Crippen molar-refractivity contribution < 1.29 is 70.9 Å². The minimum Gasteiger partial charge on any atom is -0.507 e. The fraction of sp³-hybridized carbons (Fsp3) is 0.574. The molecule has 5 bridgehead atoms. The minimum atomic E-state index is -5.45. The van der Waals surface area contributed by atoms with Crippen LogP contribution in [0.5, 0.6) is 23.0 Å². The first kappa shape index (κ1) is 51.1. The summed E-state index contributed by atoms with van der Waals surface area (Å²) in [6.07, 6.45) is 8.67. The number of fused-ring (bicyclic) bond motifs is 14. The third-order valence-corrected chi connectivity index (χ3v) is 14.1. The molecule has 1 aliphatic carbocycles. The summed E-state index contributed by atoms with van der Waals surface area (Å²) >= 11 is 0. The molecule has 1 saturated heterocycles. The summed E-state index contributed by atoms with van der Waals surface area (Å²) in [5.41, 5.74) is -1.30. The van der Waals surface area contributed by atoms with Gasteiger partial charge in [0.25, 0.3) is 11.7 Å². The van der Waals surface area contributed by atoms with E-state index in [0.717, 1.165) is 38.2 Å². The number of allylic oxidation sites excluding steroid dienone is 2. The molecule has 2 fully saturated rings. The molecule has 4 aliphatic heterocycles. The summed E-state index contributed by atoms with van der Waals surface area (Å²) in [6, 6.07) is 0.471. The number of carbonyl (C=O) groups is 3. The van der Waals surface area contributed by atoms with Crippen LogP contribution in [-0.4, -0.2) is 137 Å². The van der Waals surface area contributed by atoms with E-state index in [1.54, 1.807) is 38.8 Å². The first-order chi connectivity index (χ1) is 31.5. The van der Waals surface area contributed by atoms with Gasteiger partial charge in [-0.25, -0.2) is 0 Å². The third-order valence-electron chi connectivity index (χ3n) is 13.7. The lowest BCUT2D eigenvalue weighted by Gasteiger charge is -2.38. The summed E-state index contributed by atoms with van der Waals surface area (Å²) in [5, 5.41) is 54.9. The summed E-state index contributed by atoms with van der Waals surface area (Å²) < 4.78 is 64.7. The molecule has 1 amide bonds. The van der Waals surface area contributed by atoms with Gasteiger partial charge >= 0.3 is 22.2 Å². The van der Waals surface area contributed by atoms with Crippen LogP contribution in [-0.2, 0) is 34.2 Å². The molecule has 0 aromatic heterocycles. The number of aliphatic hydroxyl groups is 2. The number of nitrogens with zero attached hydrogens (tertiary/aromatic N) is 3. The number of aromatic hydroxyl groups is 2. The number of Topliss-reactive ketones (excluding diaryl/α,β-unsaturated/α-hetero) is 1. The average Bonchev–Trinajstić information content (AvgIpc) is 3.91. The average molecular weight is 957 g/mol. The van der Waals surface area contributed by atoms with Gasteiger partial charge in [-0.1, -0.05) is 58.8 Å². The number of aliphatic hydroxyl groups excluding tert-OH is 2. The maximum Gasteiger partial charge on any atom is 0.446 e. The quantitative estimate of drug-likeness (QED) is 0.0910. The van der Waals surface area contributed by atoms with Crippen LogP contribution in [0, 0.1) is 30.6 Å². The Labute approximate surface area is 391 Å². The number of methoxy groups -OCH3 is 1. The Kier molecular flexibility index (Phi) is 15.7. The lowest BCUT2D eigenvalue weighted by Crippen LogP contribution is -2.47. The van der Waals surface area contributed by atoms with E-state index >= 15 is 0 Å². The monoisotopic (exact) mass is 956 g/mol. The SMILES string of the molecule is CO[C@H]1/C=C/O[C@@]2(C)Oc3c(C)c(O)c4c(O)c(c(/C=N/N5CCN(C6CCCC6)CC5)c(OS(=O)(=O)O)c4c3C2=O)NC(=O)/C(C)=C\C=C\[C@H](C)[C@H](O)[C@@H](C)[C@@H](O)[C@@H](C)[C@H](OC(C)=O)[C@@H]1C. The van der Waals surface area contributed by atoms with Gasteiger partial charge in [-0.3, -0.25) is 28.8 Å². The number of nitrogens with one attached hydrogen (secondary N) is 1. The predicted octanol–water partition coefficient (Wildman–Crippen LogP) is 5.12. The van der Waals surface area contributed by atoms with E-state index in [1.807, 2.05) is 0 Å². The number of ketones is 1. The smallest absolute Gasteiger partial charge is 0.446 e. The van der Waals surface area contributed by atoms with Gasteiger partial charge in [-0.2, -0.15) is 13.5 Å². The topological polar surface area (TPSA) is 264 Å². The number of piperazine rings is 1. The van der Waals surface area contributed by atoms with Gasteiger partial charge in [0, 0.05) is 93.4 Å². The molecule has 20 heteroatoms. The van der Waals surface area contributed by atoms with Gasteiger partial charge in [0.05, 0.1) is 53.0 Å². The Balaban J connectivity index is 1.55. The second-order valence-electron chi connectivity index (χ2n) is 18.3. The molecule has 5 aliphatic rings. The van der Waals surface area contributed by atoms with Crippen molar-refractivity contribution in [2.45, 2.75) is 117 Å². The van der Waals surface area contributed by atoms with Gasteiger partial charge in [0.2, 0.25) is 0 Å². The number of carbonyl (C=O) groups excluding carboxylic acids is 3. The highest BCUT2D eigenvalue weighted by Crippen LogP contribution is 2.55. The number of anilines is 1. The Morgan fingerprint density at radius 1 is 0.955 bits per heavy atom. The van der Waals surface area contributed by atoms with E-state index in [4.69, 9.17) is 23.1 Å². The van der Waals surface area contributed by atoms with Crippen LogP contribution in [0.2, 0.25) is 0 Å². The molecular formula is C47H64N4O15S. The van der Waals surface area contributed by atoms with E-state index in [-0.39, 0.29) is 16.9 Å². The van der Waals surface area contributed by atoms with Crippen molar-refractivity contribution >= 4 is 50.7 Å². The van der Waals surface area contributed by atoms with Gasteiger partial charge in [0.1, 0.15) is 17.6 Å². The highest BCUT2D eigenvalue weighted by atomic mass is 32.3. The molecule has 0 spiro atoms. The minimum absolute atomic E-state index is 0.0570. The number of esters is 1. The van der Waals surface area contributed by atoms with Crippen molar-refractivity contribution in [3.05, 3.63) is 52.8 Å². The molecule has 4 heterocycles. The second-order valence-corrected chi connectivity index (χ2v) is 19.3. The Morgan fingerprint density at radius 2 is 1.61 bits per heavy atom. The number of phenolic OH excluding ortho intramolecular Hbond substituents is 2. The van der Waals surface area contributed by atoms with Gasteiger partial charge in [-0.05, 0) is 32.8 Å². The van der Waals surface area contributed by atoms with Crippen LogP contribution in [0.1, 0.15) is 95.6 Å². The molecule has 19 nitrogen and oxygen atoms in total. The molecule has 2 aromatic carbocycles. The van der Waals surface area contributed by atoms with E-state index < -0.39 is 127 Å². The fourth-order valence-electron chi connectivity index (χ4n) is 9.65. The summed E-state index contributed by atoms with van der Waals surface area (Å²) in [4.78, 5) is 43.6. The van der Waals surface area contributed by atoms with Crippen LogP contribution in [0.3, 0.4) is 0 Å². The van der Waals surface area contributed by atoms with Crippen molar-refractivity contribution in [2.75, 3.05) is 38.6 Å². The summed E-state index contributed by atoms with van der Waals surface area (Å²) in [5.74, 6) is -9.87. The third kappa shape index (κ3) is 10.7. The number of ether oxygens (including phenoxy) is 4. The largest absolute Gasteiger partial charge is 0.507 e. The van der Waals surface area contributed by atoms with Crippen LogP contribution in [0.4, 0.5) is 5.69 Å². The zero-order chi connectivity index (χ0) is 49.3. The van der Waals surface area contributed by atoms with Crippen LogP contribution in [0.15, 0.2) is 41.2 Å². The van der Waals surface area contributed by atoms with E-state index in [2.05, 4.69) is 15.3 Å². The normalized spacial score (nSPS) is 31.3. The molecule has 7 rings (SSSR count). The van der Waals surface area contributed by atoms with Crippen molar-refractivity contribution in [3.63, 3.8) is 0 Å². The van der Waals surface area contributed by atoms with E-state index in [9.17, 15) is 47.8 Å². The van der Waals surface area contributed by atoms with Gasteiger partial charge in [0.15, 0.2) is 11.5 Å². The number of phenols is 2. The molecule has 6 N–H and O–H groups in total. The number of benzene rings is 2. The maximum atomic E-state index is 14.7. The number of hydrogen-bond acceptors (Lipinski definition) is 17. The predicted molar refractivity (Wildman–Crippen MR) is 247 cm³/mol. The Hall–Kier alpha value is -5.25. The lowest BCUT2D eigenvalue weighted by molar-refractivity contribution is -0.160. The molecule has 9 atom stereocenters. The molecular weight excluding hydrogens is 893 g/mol. The van der Waals surface area contributed by atoms with Crippen LogP contribution < -0.4 is 14.2 Å². The van der Waals surface area contributed by atoms with Gasteiger partial charge in [-0.15, -0.1) is 0 Å². The van der Waals surface area contributed by atoms with Crippen LogP contribution in [0.25, 0.3) is 10.8 Å². The van der Waals surface area contributed by atoms with Gasteiger partial charge < -0.3 is 48.9 Å². The molecule has 0 unspecified atom stereocenters. The zero-order valence-electron chi connectivity index (χ0n) is 39.4. The molecule has 2 aromatic rings. The maximum absolute atomic E-state index is 14.7. The standard InChI is InChI=1S/C47H64N4O15S/c1-24-13-12-14-25(2)46(58)49-37-32(23-48-51-20-18-50(19-21-51)31-15-10-11-16-31)44(66-67(59,60)61)34-35(41(37)56)40(55)29(6)43-36(34)45(57)47(8,65-43)63-22-17-33(62-9)26(3)42(64-30(7)52)28(5)39(54)27(4)38(24)53/h12-14,17,22-24,26-28,31,33,38-39,42,53-56H,10-11,15-16,18-21H2,1-9H3,(H,49,58)(H,59,60,61)/b13-12+,22-17+,25-14-,48-23+/t24-,26+,27+,28+,33-,38-,39+,42+,47-/m0/s1. The first-order valence-corrected chi connectivity index (χ1v) is 23.9. The van der Waals surface area contributed by atoms with Crippen molar-refractivity contribution in [2.24, 2.45) is 28.8 Å². The molecule has 0 radical (unpaired) electrons. The molecule has 67 heavy (non-hydrogen) atoms. The zero-order valence-corrected chi connectivity index (χ0v) is 40.2. The number of hydrazone groups is 1. The summed E-state index contributed by atoms with van der Waals surface area (Å²) in [7, 11) is -4.06. The lowest BCUT2D eigenvalue weighted by atomic mass is 9.78. The Morgan fingerprint density at radius 3 is 2.22 bits per heavy atom. The van der Waals surface area contributed by atoms with E-state index in [1.165, 1.54) is 53.0 Å². The second kappa shape index (κ2) is 20.5. The van der Waals surface area contributed by atoms with Crippen molar-refractivity contribution in [3.8, 4) is 23.0 Å². The molecule has 1 saturated carbocycles. The number of amides is 1. The highest BCUT2D eigenvalue weighted by Gasteiger charge is 2.50. The van der Waals surface area contributed by atoms with Crippen molar-refractivity contribution in [1.29, 1.82) is 0 Å². The number of rotatable bonds is 7. The van der Waals surface area contributed by atoms with E-state index in [0.29, 0.717) is 32.2 Å². The van der Waals surface area contributed by atoms with Crippen LogP contribution >= 0.6 is 0 Å². The Bertz CT molecular complexity index is 2460. The molecule has 368 valence electrons. The highest BCUT2D eigenvalue weighted by molar-refractivity contribution is 7.81. The van der Waals surface area contributed by atoms with Crippen molar-refractivity contribution in [1.82, 2.24) is 9.91 Å². The number of hydrogen-bond donors (Lipinski definition) is 6. The first-order valence-electron chi connectivity index (χ1n) is 22.6.